The molecule has 0 N–H and O–H groups in total. The number of esters is 1. The normalized spacial score (nSPS) is 26.1. The van der Waals surface area contributed by atoms with Crippen molar-refractivity contribution >= 4 is 28.7 Å². The highest BCUT2D eigenvalue weighted by molar-refractivity contribution is 6.33. The number of hydrogen-bond acceptors (Lipinski definition) is 6. The summed E-state index contributed by atoms with van der Waals surface area (Å²) in [6, 6.07) is 0. The quantitative estimate of drug-likeness (QED) is 0.614. The molecule has 2 aromatic rings. The van der Waals surface area contributed by atoms with Crippen LogP contribution in [0.1, 0.15) is 13.2 Å². The highest BCUT2D eigenvalue weighted by atomic mass is 35.5. The molecule has 1 saturated heterocycles. The molecule has 20 heavy (non-hydrogen) atoms. The first-order valence-corrected chi connectivity index (χ1v) is 6.21. The third kappa shape index (κ3) is 2.10. The lowest BCUT2D eigenvalue weighted by molar-refractivity contribution is -0.153. The molecule has 0 bridgehead atoms. The van der Waals surface area contributed by atoms with Crippen molar-refractivity contribution in [3.05, 3.63) is 17.8 Å². The van der Waals surface area contributed by atoms with E-state index >= 15 is 0 Å². The van der Waals surface area contributed by atoms with E-state index in [0.717, 1.165) is 0 Å². The van der Waals surface area contributed by atoms with Gasteiger partial charge in [-0.15, -0.1) is 0 Å². The Morgan fingerprint density at radius 2 is 2.35 bits per heavy atom. The topological polar surface area (TPSA) is 79.1 Å². The average molecular weight is 301 g/mol. The fraction of sp³-hybridized carbons (Fsp3) is 0.455. The molecule has 7 nitrogen and oxygen atoms in total. The van der Waals surface area contributed by atoms with Gasteiger partial charge in [-0.3, -0.25) is 9.36 Å². The van der Waals surface area contributed by atoms with Crippen molar-refractivity contribution in [1.82, 2.24) is 19.5 Å². The Morgan fingerprint density at radius 3 is 3.10 bits per heavy atom. The van der Waals surface area contributed by atoms with Crippen LogP contribution in [-0.2, 0) is 14.3 Å². The Labute approximate surface area is 117 Å². The van der Waals surface area contributed by atoms with Crippen LogP contribution >= 0.6 is 11.6 Å². The lowest BCUT2D eigenvalue weighted by Gasteiger charge is -2.20. The zero-order chi connectivity index (χ0) is 14.3. The number of halogens is 2. The third-order valence-corrected chi connectivity index (χ3v) is 3.23. The highest BCUT2D eigenvalue weighted by Crippen LogP contribution is 2.31. The molecule has 1 aliphatic rings. The highest BCUT2D eigenvalue weighted by Gasteiger charge is 2.42. The van der Waals surface area contributed by atoms with Gasteiger partial charge in [0.25, 0.3) is 0 Å². The van der Waals surface area contributed by atoms with Gasteiger partial charge in [0.05, 0.1) is 12.9 Å². The maximum absolute atomic E-state index is 13.8. The van der Waals surface area contributed by atoms with E-state index in [1.165, 1.54) is 24.1 Å². The minimum Gasteiger partial charge on any atom is -0.454 e. The first-order valence-electron chi connectivity index (χ1n) is 5.84. The summed E-state index contributed by atoms with van der Waals surface area (Å²) in [6.07, 6.45) is -0.599. The van der Waals surface area contributed by atoms with Gasteiger partial charge in [0.2, 0.25) is 0 Å². The fourth-order valence-corrected chi connectivity index (χ4v) is 2.31. The summed E-state index contributed by atoms with van der Waals surface area (Å²) in [5.41, 5.74) is 0.767. The van der Waals surface area contributed by atoms with Crippen LogP contribution in [0.15, 0.2) is 12.7 Å². The van der Waals surface area contributed by atoms with Gasteiger partial charge in [0.15, 0.2) is 29.3 Å². The van der Waals surface area contributed by atoms with Crippen LogP contribution in [0.3, 0.4) is 0 Å². The monoisotopic (exact) mass is 300 g/mol. The number of ether oxygens (including phenoxy) is 2. The molecule has 9 heteroatoms. The van der Waals surface area contributed by atoms with Gasteiger partial charge in [0.1, 0.15) is 11.8 Å². The lowest BCUT2D eigenvalue weighted by Crippen LogP contribution is -2.30. The van der Waals surface area contributed by atoms with E-state index in [2.05, 4.69) is 15.0 Å². The van der Waals surface area contributed by atoms with Crippen molar-refractivity contribution in [1.29, 1.82) is 0 Å². The van der Waals surface area contributed by atoms with Crippen LogP contribution in [0.4, 0.5) is 4.39 Å². The van der Waals surface area contributed by atoms with Crippen LogP contribution in [0.25, 0.3) is 11.2 Å². The summed E-state index contributed by atoms with van der Waals surface area (Å²) in [7, 11) is 0. The van der Waals surface area contributed by atoms with Gasteiger partial charge >= 0.3 is 5.97 Å². The van der Waals surface area contributed by atoms with E-state index in [1.54, 1.807) is 0 Å². The summed E-state index contributed by atoms with van der Waals surface area (Å²) < 4.78 is 25.6. The molecule has 0 amide bonds. The van der Waals surface area contributed by atoms with E-state index in [0.29, 0.717) is 11.2 Å². The van der Waals surface area contributed by atoms with E-state index in [9.17, 15) is 9.18 Å². The van der Waals surface area contributed by atoms with Crippen molar-refractivity contribution in [3.63, 3.8) is 0 Å². The molecule has 1 fully saturated rings. The minimum atomic E-state index is -1.40. The molecule has 3 heterocycles. The first-order chi connectivity index (χ1) is 9.58. The van der Waals surface area contributed by atoms with E-state index in [1.807, 2.05) is 0 Å². The Kier molecular flexibility index (Phi) is 3.27. The summed E-state index contributed by atoms with van der Waals surface area (Å²) in [4.78, 5) is 23.0. The molecule has 0 saturated carbocycles. The number of hydrogen-bond donors (Lipinski definition) is 0. The molecule has 0 aliphatic carbocycles. The summed E-state index contributed by atoms with van der Waals surface area (Å²) in [5, 5.41) is 0.188. The van der Waals surface area contributed by atoms with Gasteiger partial charge in [-0.05, 0) is 0 Å². The summed E-state index contributed by atoms with van der Waals surface area (Å²) in [6.45, 7) is 1.05. The first kappa shape index (κ1) is 13.2. The SMILES string of the molecule is CC(=O)O[C@H]1[C@H](n2cnc3c(Cl)ncnc32)OC[C@@H]1F. The summed E-state index contributed by atoms with van der Waals surface area (Å²) >= 11 is 5.90. The zero-order valence-corrected chi connectivity index (χ0v) is 11.1. The summed E-state index contributed by atoms with van der Waals surface area (Å²) in [5.74, 6) is -0.578. The molecule has 2 aromatic heterocycles. The number of fused-ring (bicyclic) bond motifs is 1. The number of rotatable bonds is 2. The smallest absolute Gasteiger partial charge is 0.303 e. The molecule has 3 rings (SSSR count). The van der Waals surface area contributed by atoms with Gasteiger partial charge in [-0.1, -0.05) is 11.6 Å². The predicted octanol–water partition coefficient (Wildman–Crippen LogP) is 1.28. The number of carbonyl (C=O) groups is 1. The van der Waals surface area contributed by atoms with Crippen molar-refractivity contribution in [2.75, 3.05) is 6.61 Å². The second-order valence-corrected chi connectivity index (χ2v) is 4.66. The molecule has 0 aromatic carbocycles. The van der Waals surface area contributed by atoms with Crippen molar-refractivity contribution in [3.8, 4) is 0 Å². The largest absolute Gasteiger partial charge is 0.454 e. The lowest BCUT2D eigenvalue weighted by atomic mass is 10.2. The zero-order valence-electron chi connectivity index (χ0n) is 10.4. The van der Waals surface area contributed by atoms with Crippen LogP contribution < -0.4 is 0 Å². The molecule has 0 radical (unpaired) electrons. The minimum absolute atomic E-state index is 0.166. The molecule has 0 unspecified atom stereocenters. The Bertz CT molecular complexity index is 664. The van der Waals surface area contributed by atoms with Crippen LogP contribution in [-0.4, -0.2) is 44.4 Å². The van der Waals surface area contributed by atoms with Crippen molar-refractivity contribution in [2.45, 2.75) is 25.4 Å². The average Bonchev–Trinajstić information content (AvgIpc) is 2.95. The van der Waals surface area contributed by atoms with Crippen LogP contribution in [0.5, 0.6) is 0 Å². The van der Waals surface area contributed by atoms with Crippen molar-refractivity contribution in [2.24, 2.45) is 0 Å². The molecular formula is C11H10ClFN4O3. The van der Waals surface area contributed by atoms with E-state index < -0.39 is 24.5 Å². The van der Waals surface area contributed by atoms with Crippen LogP contribution in [0, 0.1) is 0 Å². The number of carbonyl (C=O) groups excluding carboxylic acids is 1. The van der Waals surface area contributed by atoms with E-state index in [4.69, 9.17) is 21.1 Å². The third-order valence-electron chi connectivity index (χ3n) is 2.95. The fourth-order valence-electron chi connectivity index (χ4n) is 2.13. The molecule has 3 atom stereocenters. The molecule has 106 valence electrons. The standard InChI is InChI=1S/C11H10ClFN4O3/c1-5(18)20-8-6(13)2-19-11(8)17-4-16-7-9(12)14-3-15-10(7)17/h3-4,6,8,11H,2H2,1H3/t6-,8+,11+/m0/s1. The molecule has 1 aliphatic heterocycles. The second-order valence-electron chi connectivity index (χ2n) is 4.30. The van der Waals surface area contributed by atoms with Crippen molar-refractivity contribution < 1.29 is 18.7 Å². The maximum Gasteiger partial charge on any atom is 0.303 e. The Hall–Kier alpha value is -1.80. The van der Waals surface area contributed by atoms with E-state index in [-0.39, 0.29) is 11.8 Å². The van der Waals surface area contributed by atoms with Gasteiger partial charge in [-0.2, -0.15) is 0 Å². The number of aromatic nitrogens is 4. The molecular weight excluding hydrogens is 291 g/mol. The molecule has 0 spiro atoms. The predicted molar refractivity (Wildman–Crippen MR) is 65.8 cm³/mol. The maximum atomic E-state index is 13.8. The number of imidazole rings is 1. The van der Waals surface area contributed by atoms with Gasteiger partial charge in [-0.25, -0.2) is 19.3 Å². The second kappa shape index (κ2) is 4.95. The van der Waals surface area contributed by atoms with Crippen LogP contribution in [0.2, 0.25) is 5.15 Å². The Balaban J connectivity index is 2.01. The number of alkyl halides is 1. The van der Waals surface area contributed by atoms with Gasteiger partial charge < -0.3 is 9.47 Å². The number of nitrogens with zero attached hydrogens (tertiary/aromatic N) is 4. The van der Waals surface area contributed by atoms with Gasteiger partial charge in [0, 0.05) is 6.92 Å². The Morgan fingerprint density at radius 1 is 1.55 bits per heavy atom.